The molecule has 6 aromatic rings. The maximum Gasteiger partial charge on any atom is 0.552 e. The smallest absolute Gasteiger partial charge is 0.374 e. The Hall–Kier alpha value is -4.36. The van der Waals surface area contributed by atoms with Crippen molar-refractivity contribution in [1.29, 1.82) is 0 Å². The zero-order chi connectivity index (χ0) is 49.1. The van der Waals surface area contributed by atoms with Gasteiger partial charge in [0, 0.05) is 14.2 Å². The number of ether oxygens (including phenoxy) is 10. The van der Waals surface area contributed by atoms with Gasteiger partial charge in [-0.25, -0.2) is 0 Å². The standard InChI is InChI=1S/C56H62Cl2O12Si/c1-59-55-53(65-37-45-29-17-7-18-30-45)51(49(63-35-43-25-13-5-14-26-43)47(67-55)39-61-33-41-21-9-3-10-22-41)69-71(57,58)70-52-50(64-36-44-27-15-6-16-28-44)48(40-62-34-42-23-11-4-12-24-42)68-56(60-2)54(52)66-38-46-31-19-8-20-32-46/h3-32,47-56H,33-40H2,1-2H3/t47-,48-,49-,50-,51+,52+,53-,54-,55+,56+/m1/s1. The van der Waals surface area contributed by atoms with Crippen molar-refractivity contribution in [2.75, 3.05) is 27.4 Å². The second kappa shape index (κ2) is 27.6. The van der Waals surface area contributed by atoms with Crippen LogP contribution in [-0.4, -0.2) is 96.0 Å². The fourth-order valence-electron chi connectivity index (χ4n) is 8.57. The van der Waals surface area contributed by atoms with Gasteiger partial charge in [-0.1, -0.05) is 204 Å². The third-order valence-corrected chi connectivity index (χ3v) is 14.3. The van der Waals surface area contributed by atoms with Crippen molar-refractivity contribution in [2.45, 2.75) is 101 Å². The van der Waals surface area contributed by atoms with E-state index in [9.17, 15) is 0 Å². The normalized spacial score (nSPS) is 24.7. The fraction of sp³-hybridized carbons (Fsp3) is 0.357. The van der Waals surface area contributed by atoms with Crippen molar-refractivity contribution in [3.8, 4) is 0 Å². The molecule has 2 heterocycles. The van der Waals surface area contributed by atoms with Crippen LogP contribution in [0.25, 0.3) is 0 Å². The summed E-state index contributed by atoms with van der Waals surface area (Å²) < 4.78 is 79.3. The van der Waals surface area contributed by atoms with E-state index in [0.29, 0.717) is 13.2 Å². The third-order valence-electron chi connectivity index (χ3n) is 12.1. The fourth-order valence-corrected chi connectivity index (χ4v) is 11.0. The van der Waals surface area contributed by atoms with Gasteiger partial charge in [0.2, 0.25) is 0 Å². The lowest BCUT2D eigenvalue weighted by Crippen LogP contribution is -2.66. The van der Waals surface area contributed by atoms with E-state index in [1.54, 1.807) is 14.2 Å². The van der Waals surface area contributed by atoms with Gasteiger partial charge in [-0.2, -0.15) is 0 Å². The number of halogens is 2. The molecule has 2 saturated heterocycles. The number of rotatable bonds is 26. The van der Waals surface area contributed by atoms with Crippen molar-refractivity contribution >= 4 is 29.3 Å². The Kier molecular flexibility index (Phi) is 20.6. The molecule has 0 saturated carbocycles. The average Bonchev–Trinajstić information content (AvgIpc) is 3.41. The largest absolute Gasteiger partial charge is 0.552 e. The quantitative estimate of drug-likeness (QED) is 0.0381. The second-order valence-electron chi connectivity index (χ2n) is 17.2. The Morgan fingerprint density at radius 3 is 0.873 bits per heavy atom. The minimum absolute atomic E-state index is 0.102. The molecule has 6 aromatic carbocycles. The Bertz CT molecular complexity index is 2220. The summed E-state index contributed by atoms with van der Waals surface area (Å²) >= 11 is 15.2. The Labute approximate surface area is 427 Å². The van der Waals surface area contributed by atoms with Gasteiger partial charge >= 0.3 is 7.18 Å². The molecule has 0 spiro atoms. The summed E-state index contributed by atoms with van der Waals surface area (Å²) in [5.41, 5.74) is 5.67. The van der Waals surface area contributed by atoms with Crippen LogP contribution in [0.3, 0.4) is 0 Å². The van der Waals surface area contributed by atoms with Crippen LogP contribution < -0.4 is 0 Å². The first kappa shape index (κ1) is 52.9. The summed E-state index contributed by atoms with van der Waals surface area (Å²) in [6.07, 6.45) is -9.13. The lowest BCUT2D eigenvalue weighted by Gasteiger charge is -2.48. The molecule has 15 heteroatoms. The highest BCUT2D eigenvalue weighted by Crippen LogP contribution is 2.38. The predicted octanol–water partition coefficient (Wildman–Crippen LogP) is 10.2. The van der Waals surface area contributed by atoms with Gasteiger partial charge in [-0.15, -0.1) is 0 Å². The molecule has 2 aliphatic rings. The maximum absolute atomic E-state index is 7.59. The molecule has 71 heavy (non-hydrogen) atoms. The minimum Gasteiger partial charge on any atom is -0.374 e. The summed E-state index contributed by atoms with van der Waals surface area (Å²) in [6.45, 7) is 1.60. The van der Waals surface area contributed by atoms with Gasteiger partial charge in [-0.3, -0.25) is 0 Å². The number of methoxy groups -OCH3 is 2. The Balaban J connectivity index is 1.14. The predicted molar refractivity (Wildman–Crippen MR) is 271 cm³/mol. The second-order valence-corrected chi connectivity index (χ2v) is 22.2. The van der Waals surface area contributed by atoms with Gasteiger partial charge in [-0.05, 0) is 33.4 Å². The topological polar surface area (TPSA) is 111 Å². The van der Waals surface area contributed by atoms with Crippen LogP contribution in [0.5, 0.6) is 0 Å². The highest BCUT2D eigenvalue weighted by Gasteiger charge is 2.57. The maximum atomic E-state index is 7.59. The average molecular weight is 1030 g/mol. The molecule has 0 aliphatic carbocycles. The highest BCUT2D eigenvalue weighted by atomic mass is 35.7. The molecule has 10 atom stereocenters. The lowest BCUT2D eigenvalue weighted by molar-refractivity contribution is -0.320. The van der Waals surface area contributed by atoms with E-state index in [2.05, 4.69) is 0 Å². The van der Waals surface area contributed by atoms with Gasteiger partial charge < -0.3 is 56.2 Å². The van der Waals surface area contributed by atoms with E-state index in [-0.39, 0.29) is 39.6 Å². The lowest BCUT2D eigenvalue weighted by atomic mass is 9.98. The van der Waals surface area contributed by atoms with Crippen molar-refractivity contribution in [2.24, 2.45) is 0 Å². The van der Waals surface area contributed by atoms with Crippen molar-refractivity contribution in [3.63, 3.8) is 0 Å². The van der Waals surface area contributed by atoms with Gasteiger partial charge in [0.25, 0.3) is 0 Å². The summed E-state index contributed by atoms with van der Waals surface area (Å²) in [5, 5.41) is 0. The molecular weight excluding hydrogens is 964 g/mol. The minimum atomic E-state index is -4.47. The molecule has 0 bridgehead atoms. The van der Waals surface area contributed by atoms with E-state index in [1.807, 2.05) is 182 Å². The van der Waals surface area contributed by atoms with E-state index in [0.717, 1.165) is 33.4 Å². The Morgan fingerprint density at radius 1 is 0.352 bits per heavy atom. The van der Waals surface area contributed by atoms with Crippen LogP contribution in [0.4, 0.5) is 0 Å². The molecule has 0 amide bonds. The number of benzene rings is 6. The number of hydrogen-bond donors (Lipinski definition) is 0. The Morgan fingerprint density at radius 2 is 0.606 bits per heavy atom. The van der Waals surface area contributed by atoms with Gasteiger partial charge in [0.15, 0.2) is 12.6 Å². The van der Waals surface area contributed by atoms with Crippen molar-refractivity contribution in [1.82, 2.24) is 0 Å². The molecule has 376 valence electrons. The highest BCUT2D eigenvalue weighted by molar-refractivity contribution is 7.39. The van der Waals surface area contributed by atoms with Crippen LogP contribution in [0.2, 0.25) is 0 Å². The monoisotopic (exact) mass is 1020 g/mol. The van der Waals surface area contributed by atoms with E-state index in [1.165, 1.54) is 0 Å². The van der Waals surface area contributed by atoms with Gasteiger partial charge in [0.1, 0.15) is 48.8 Å². The number of hydrogen-bond acceptors (Lipinski definition) is 12. The molecule has 12 nitrogen and oxygen atoms in total. The van der Waals surface area contributed by atoms with Crippen molar-refractivity contribution < 1.29 is 56.2 Å². The van der Waals surface area contributed by atoms with Crippen molar-refractivity contribution in [3.05, 3.63) is 215 Å². The third kappa shape index (κ3) is 15.8. The SMILES string of the molecule is CO[C@H]1O[C@H](COCc2ccccc2)[C@@H](OCc2ccccc2)[C@H](O[Si](Cl)(Cl)O[C@@H]2[C@@H](OCc3ccccc3)[C@@H](OC)O[C@H](COCc3ccccc3)[C@H]2OCc2ccccc2)[C@H]1OCc1ccccc1. The zero-order valence-corrected chi connectivity index (χ0v) is 42.4. The van der Waals surface area contributed by atoms with E-state index < -0.39 is 68.6 Å². The van der Waals surface area contributed by atoms with Crippen LogP contribution in [0, 0.1) is 0 Å². The first-order chi connectivity index (χ1) is 34.9. The van der Waals surface area contributed by atoms with Crippen LogP contribution >= 0.6 is 22.2 Å². The molecule has 0 aromatic heterocycles. The zero-order valence-electron chi connectivity index (χ0n) is 39.9. The molecule has 0 radical (unpaired) electrons. The van der Waals surface area contributed by atoms with Crippen LogP contribution in [0.1, 0.15) is 33.4 Å². The molecule has 0 N–H and O–H groups in total. The van der Waals surface area contributed by atoms with E-state index >= 15 is 0 Å². The van der Waals surface area contributed by atoms with Crippen LogP contribution in [-0.2, 0) is 95.9 Å². The summed E-state index contributed by atoms with van der Waals surface area (Å²) in [5.74, 6) is 0. The molecule has 8 rings (SSSR count). The molecule has 2 fully saturated rings. The first-order valence-electron chi connectivity index (χ1n) is 23.8. The molecular formula is C56H62Cl2O12Si. The summed E-state index contributed by atoms with van der Waals surface area (Å²) in [4.78, 5) is 0. The molecule has 2 aliphatic heterocycles. The molecule has 0 unspecified atom stereocenters. The summed E-state index contributed by atoms with van der Waals surface area (Å²) in [6, 6.07) is 59.0. The van der Waals surface area contributed by atoms with Crippen LogP contribution in [0.15, 0.2) is 182 Å². The first-order valence-corrected chi connectivity index (χ1v) is 27.6. The van der Waals surface area contributed by atoms with E-state index in [4.69, 9.17) is 78.4 Å². The van der Waals surface area contributed by atoms with Gasteiger partial charge in [0.05, 0.1) is 52.9 Å². The summed E-state index contributed by atoms with van der Waals surface area (Å²) in [7, 11) is -1.37.